The van der Waals surface area contributed by atoms with E-state index in [2.05, 4.69) is 10.2 Å². The smallest absolute Gasteiger partial charge is 0.330 e. The van der Waals surface area contributed by atoms with Crippen LogP contribution in [0.3, 0.4) is 0 Å². The predicted octanol–water partition coefficient (Wildman–Crippen LogP) is 2.90. The first-order chi connectivity index (χ1) is 19.2. The lowest BCUT2D eigenvalue weighted by molar-refractivity contribution is -0.226. The van der Waals surface area contributed by atoms with Crippen LogP contribution in [-0.4, -0.2) is 73.6 Å². The van der Waals surface area contributed by atoms with Crippen LogP contribution in [0, 0.1) is 11.3 Å². The van der Waals surface area contributed by atoms with E-state index in [1.54, 1.807) is 6.08 Å². The van der Waals surface area contributed by atoms with Gasteiger partial charge in [0.1, 0.15) is 17.6 Å². The zero-order valence-corrected chi connectivity index (χ0v) is 22.7. The normalized spacial score (nSPS) is 38.7. The van der Waals surface area contributed by atoms with E-state index in [0.29, 0.717) is 13.0 Å². The minimum Gasteiger partial charge on any atom is -0.468 e. The number of epoxide rings is 1. The lowest BCUT2D eigenvalue weighted by Gasteiger charge is -2.64. The number of benzene rings is 2. The minimum atomic E-state index is -1.47. The summed E-state index contributed by atoms with van der Waals surface area (Å²) in [6, 6.07) is 16.8. The van der Waals surface area contributed by atoms with Gasteiger partial charge < -0.3 is 24.3 Å². The molecule has 2 aromatic carbocycles. The summed E-state index contributed by atoms with van der Waals surface area (Å²) in [6.45, 7) is 2.25. The van der Waals surface area contributed by atoms with Gasteiger partial charge in [-0.2, -0.15) is 0 Å². The van der Waals surface area contributed by atoms with Gasteiger partial charge in [-0.1, -0.05) is 48.5 Å². The van der Waals surface area contributed by atoms with E-state index in [-0.39, 0.29) is 25.2 Å². The van der Waals surface area contributed by atoms with Crippen molar-refractivity contribution in [2.24, 2.45) is 11.3 Å². The zero-order valence-electron chi connectivity index (χ0n) is 22.7. The van der Waals surface area contributed by atoms with Crippen LogP contribution in [0.1, 0.15) is 30.9 Å². The molecule has 2 bridgehead atoms. The van der Waals surface area contributed by atoms with E-state index in [1.807, 2.05) is 68.6 Å². The third-order valence-electron chi connectivity index (χ3n) is 10.2. The highest BCUT2D eigenvalue weighted by atomic mass is 16.6. The van der Waals surface area contributed by atoms with Crippen LogP contribution in [0.4, 0.5) is 5.69 Å². The Kier molecular flexibility index (Phi) is 5.32. The quantitative estimate of drug-likeness (QED) is 0.263. The summed E-state index contributed by atoms with van der Waals surface area (Å²) in [4.78, 5) is 43.1. The van der Waals surface area contributed by atoms with E-state index >= 15 is 0 Å². The van der Waals surface area contributed by atoms with Gasteiger partial charge in [-0.3, -0.25) is 14.5 Å². The van der Waals surface area contributed by atoms with Crippen molar-refractivity contribution in [3.63, 3.8) is 0 Å². The molecule has 0 radical (unpaired) electrons. The number of piperidine rings is 1. The molecule has 2 aromatic rings. The number of nitrogens with one attached hydrogen (secondary N) is 1. The van der Waals surface area contributed by atoms with Gasteiger partial charge in [0.05, 0.1) is 31.1 Å². The Bertz CT molecular complexity index is 1440. The molecule has 7 rings (SSSR count). The van der Waals surface area contributed by atoms with Gasteiger partial charge in [0.15, 0.2) is 0 Å². The molecule has 4 heterocycles. The second kappa shape index (κ2) is 8.41. The number of likely N-dealkylation sites (N-methyl/N-ethyl adjacent to an activating group) is 1. The van der Waals surface area contributed by atoms with Gasteiger partial charge in [-0.15, -0.1) is 0 Å². The van der Waals surface area contributed by atoms with Crippen molar-refractivity contribution in [2.45, 2.75) is 48.7 Å². The molecule has 1 N–H and O–H groups in total. The molecule has 0 amide bonds. The van der Waals surface area contributed by atoms with E-state index in [0.717, 1.165) is 16.8 Å². The molecule has 4 aliphatic heterocycles. The summed E-state index contributed by atoms with van der Waals surface area (Å²) in [6.07, 6.45) is 3.34. The van der Waals surface area contributed by atoms with E-state index in [9.17, 15) is 14.4 Å². The van der Waals surface area contributed by atoms with Crippen LogP contribution in [0.2, 0.25) is 0 Å². The molecule has 3 saturated heterocycles. The molecular weight excluding hydrogens is 512 g/mol. The van der Waals surface area contributed by atoms with Crippen molar-refractivity contribution in [3.05, 3.63) is 71.8 Å². The molecule has 7 atom stereocenters. The summed E-state index contributed by atoms with van der Waals surface area (Å²) in [5, 5.41) is 3.56. The standard InChI is InChI=1S/C31H32N2O7/c1-19-29(39-19)17-33(2)24-15-23(29)28(27(36)37-3,18-38-25(34)14-13-20-9-5-4-6-10-20)30-16-26(35)40-31(24,30)32-22-12-8-7-11-21(22)30/h4-14,19,23-24,32H,15-18H2,1-3H3/b14-13+/t19-,23+,24-,28-,29-,30-,31-/m0/s1. The summed E-state index contributed by atoms with van der Waals surface area (Å²) in [7, 11) is 3.35. The molecule has 1 spiro atoms. The molecule has 4 fully saturated rings. The number of carbonyl (C=O) groups excluding carboxylic acids is 3. The Balaban J connectivity index is 1.41. The zero-order chi connectivity index (χ0) is 27.9. The number of fused-ring (bicyclic) bond motifs is 4. The third-order valence-corrected chi connectivity index (χ3v) is 10.2. The highest BCUT2D eigenvalue weighted by Gasteiger charge is 2.88. The summed E-state index contributed by atoms with van der Waals surface area (Å²) in [5.41, 5.74) is -2.15. The average Bonchev–Trinajstić information content (AvgIpc) is 3.33. The van der Waals surface area contributed by atoms with Gasteiger partial charge in [-0.25, -0.2) is 4.79 Å². The molecule has 0 aromatic heterocycles. The van der Waals surface area contributed by atoms with Gasteiger partial charge in [-0.05, 0) is 43.7 Å². The predicted molar refractivity (Wildman–Crippen MR) is 144 cm³/mol. The largest absolute Gasteiger partial charge is 0.468 e. The number of likely N-dealkylation sites (tertiary alicyclic amines) is 1. The SMILES string of the molecule is COC(=O)[C@]1(COC(=O)/C=C/c2ccccc2)[C@H]2C[C@H](N(C)C[C@@]23O[C@H]3C)[C@@]23Nc4ccccc4[C@]21CC(=O)O3. The summed E-state index contributed by atoms with van der Waals surface area (Å²) in [5.74, 6) is -1.94. The first-order valence-corrected chi connectivity index (χ1v) is 13.7. The number of hydrogen-bond donors (Lipinski definition) is 1. The van der Waals surface area contributed by atoms with Crippen molar-refractivity contribution < 1.29 is 33.3 Å². The maximum absolute atomic E-state index is 14.4. The fraction of sp³-hybridized carbons (Fsp3) is 0.452. The van der Waals surface area contributed by atoms with Crippen molar-refractivity contribution in [2.75, 3.05) is 32.6 Å². The number of nitrogens with zero attached hydrogens (tertiary/aromatic N) is 1. The monoisotopic (exact) mass is 544 g/mol. The molecule has 208 valence electrons. The second-order valence-electron chi connectivity index (χ2n) is 11.7. The van der Waals surface area contributed by atoms with Crippen LogP contribution in [0.15, 0.2) is 60.7 Å². The Morgan fingerprint density at radius 3 is 2.60 bits per heavy atom. The average molecular weight is 545 g/mol. The van der Waals surface area contributed by atoms with E-state index in [1.165, 1.54) is 13.2 Å². The number of ether oxygens (including phenoxy) is 4. The maximum Gasteiger partial charge on any atom is 0.330 e. The molecule has 9 nitrogen and oxygen atoms in total. The lowest BCUT2D eigenvalue weighted by atomic mass is 9.42. The van der Waals surface area contributed by atoms with Gasteiger partial charge >= 0.3 is 17.9 Å². The van der Waals surface area contributed by atoms with Crippen LogP contribution >= 0.6 is 0 Å². The van der Waals surface area contributed by atoms with Crippen molar-refractivity contribution in [3.8, 4) is 0 Å². The molecule has 5 aliphatic rings. The van der Waals surface area contributed by atoms with E-state index < -0.39 is 46.0 Å². The van der Waals surface area contributed by atoms with Crippen molar-refractivity contribution in [1.82, 2.24) is 4.90 Å². The van der Waals surface area contributed by atoms with Gasteiger partial charge in [0.2, 0.25) is 5.72 Å². The Hall–Kier alpha value is -3.69. The second-order valence-corrected chi connectivity index (χ2v) is 11.7. The number of para-hydroxylation sites is 1. The van der Waals surface area contributed by atoms with Crippen LogP contribution < -0.4 is 5.32 Å². The number of esters is 3. The van der Waals surface area contributed by atoms with Crippen molar-refractivity contribution in [1.29, 1.82) is 0 Å². The molecular formula is C31H32N2O7. The van der Waals surface area contributed by atoms with Crippen LogP contribution in [0.25, 0.3) is 6.08 Å². The summed E-state index contributed by atoms with van der Waals surface area (Å²) >= 11 is 0. The van der Waals surface area contributed by atoms with E-state index in [4.69, 9.17) is 18.9 Å². The molecule has 1 saturated carbocycles. The molecule has 1 aliphatic carbocycles. The lowest BCUT2D eigenvalue weighted by Crippen LogP contribution is -2.80. The minimum absolute atomic E-state index is 0.0607. The Labute approximate surface area is 232 Å². The number of hydrogen-bond acceptors (Lipinski definition) is 9. The molecule has 40 heavy (non-hydrogen) atoms. The number of methoxy groups -OCH3 is 1. The molecule has 9 heteroatoms. The number of rotatable bonds is 5. The molecule has 0 unspecified atom stereocenters. The van der Waals surface area contributed by atoms with Gasteiger partial charge in [0.25, 0.3) is 0 Å². The topological polar surface area (TPSA) is 107 Å². The van der Waals surface area contributed by atoms with Gasteiger partial charge in [0, 0.05) is 24.2 Å². The highest BCUT2D eigenvalue weighted by Crippen LogP contribution is 2.74. The Morgan fingerprint density at radius 2 is 1.88 bits per heavy atom. The third kappa shape index (κ3) is 2.97. The Morgan fingerprint density at radius 1 is 1.15 bits per heavy atom. The van der Waals surface area contributed by atoms with Crippen LogP contribution in [-0.2, 0) is 38.7 Å². The first kappa shape index (κ1) is 25.3. The highest BCUT2D eigenvalue weighted by molar-refractivity contribution is 5.92. The number of anilines is 1. The first-order valence-electron chi connectivity index (χ1n) is 13.7. The fourth-order valence-corrected chi connectivity index (χ4v) is 8.58. The van der Waals surface area contributed by atoms with Crippen LogP contribution in [0.5, 0.6) is 0 Å². The summed E-state index contributed by atoms with van der Waals surface area (Å²) < 4.78 is 24.2. The van der Waals surface area contributed by atoms with Crippen molar-refractivity contribution >= 4 is 29.7 Å². The maximum atomic E-state index is 14.4. The number of carbonyl (C=O) groups is 3. The fourth-order valence-electron chi connectivity index (χ4n) is 8.58.